The van der Waals surface area contributed by atoms with Gasteiger partial charge >= 0.3 is 0 Å². The van der Waals surface area contributed by atoms with Crippen LogP contribution in [0.1, 0.15) is 18.1 Å². The summed E-state index contributed by atoms with van der Waals surface area (Å²) >= 11 is 5.88. The van der Waals surface area contributed by atoms with E-state index in [-0.39, 0.29) is 16.5 Å². The molecule has 2 aromatic carbocycles. The molecule has 2 nitrogen and oxygen atoms in total. The molecule has 0 saturated heterocycles. The van der Waals surface area contributed by atoms with Crippen molar-refractivity contribution in [1.29, 1.82) is 0 Å². The molecule has 0 radical (unpaired) electrons. The van der Waals surface area contributed by atoms with Crippen molar-refractivity contribution in [2.24, 2.45) is 0 Å². The number of carbonyl (C=O) groups excluding carboxylic acids is 1. The van der Waals surface area contributed by atoms with E-state index < -0.39 is 5.82 Å². The summed E-state index contributed by atoms with van der Waals surface area (Å²) in [5.41, 5.74) is 2.10. The summed E-state index contributed by atoms with van der Waals surface area (Å²) in [6.07, 6.45) is 3.57. The molecule has 0 aliphatic heterocycles. The molecule has 0 unspecified atom stereocenters. The Labute approximate surface area is 128 Å². The van der Waals surface area contributed by atoms with Crippen LogP contribution in [0.25, 0.3) is 6.08 Å². The third kappa shape index (κ3) is 4.17. The SMILES string of the molecule is CCc1ccc(NC(=O)C=Cc2c(F)cccc2Cl)cc1. The highest BCUT2D eigenvalue weighted by molar-refractivity contribution is 6.32. The zero-order valence-electron chi connectivity index (χ0n) is 11.6. The molecule has 21 heavy (non-hydrogen) atoms. The number of rotatable bonds is 4. The molecule has 0 heterocycles. The number of benzene rings is 2. The van der Waals surface area contributed by atoms with E-state index in [9.17, 15) is 9.18 Å². The van der Waals surface area contributed by atoms with E-state index in [1.807, 2.05) is 24.3 Å². The van der Waals surface area contributed by atoms with E-state index in [0.717, 1.165) is 6.42 Å². The van der Waals surface area contributed by atoms with Gasteiger partial charge in [0.05, 0.1) is 5.02 Å². The smallest absolute Gasteiger partial charge is 0.248 e. The van der Waals surface area contributed by atoms with Gasteiger partial charge in [0.2, 0.25) is 5.91 Å². The summed E-state index contributed by atoms with van der Waals surface area (Å²) < 4.78 is 13.5. The first kappa shape index (κ1) is 15.3. The fourth-order valence-corrected chi connectivity index (χ4v) is 2.06. The molecule has 0 aliphatic rings. The maximum absolute atomic E-state index is 13.5. The molecule has 1 amide bonds. The number of amides is 1. The van der Waals surface area contributed by atoms with Crippen LogP contribution >= 0.6 is 11.6 Å². The highest BCUT2D eigenvalue weighted by atomic mass is 35.5. The summed E-state index contributed by atoms with van der Waals surface area (Å²) in [5.74, 6) is -0.794. The lowest BCUT2D eigenvalue weighted by Crippen LogP contribution is -2.07. The number of aryl methyl sites for hydroxylation is 1. The van der Waals surface area contributed by atoms with Gasteiger partial charge in [-0.2, -0.15) is 0 Å². The van der Waals surface area contributed by atoms with Crippen molar-refractivity contribution in [2.75, 3.05) is 5.32 Å². The van der Waals surface area contributed by atoms with Gasteiger partial charge in [-0.25, -0.2) is 4.39 Å². The molecule has 0 aliphatic carbocycles. The van der Waals surface area contributed by atoms with Crippen LogP contribution < -0.4 is 5.32 Å². The van der Waals surface area contributed by atoms with Crippen molar-refractivity contribution < 1.29 is 9.18 Å². The Balaban J connectivity index is 2.05. The van der Waals surface area contributed by atoms with E-state index in [1.54, 1.807) is 6.07 Å². The minimum Gasteiger partial charge on any atom is -0.323 e. The first-order valence-corrected chi connectivity index (χ1v) is 7.00. The number of carbonyl (C=O) groups is 1. The molecule has 0 bridgehead atoms. The van der Waals surface area contributed by atoms with Gasteiger partial charge in [-0.05, 0) is 42.3 Å². The largest absolute Gasteiger partial charge is 0.323 e. The molecule has 4 heteroatoms. The topological polar surface area (TPSA) is 29.1 Å². The first-order chi connectivity index (χ1) is 10.1. The monoisotopic (exact) mass is 303 g/mol. The standard InChI is InChI=1S/C17H15ClFNO/c1-2-12-6-8-13(9-7-12)20-17(21)11-10-14-15(18)4-3-5-16(14)19/h3-11H,2H2,1H3,(H,20,21). The molecule has 0 spiro atoms. The van der Waals surface area contributed by atoms with Gasteiger partial charge < -0.3 is 5.32 Å². The molecule has 0 fully saturated rings. The number of halogens is 2. The number of hydrogen-bond acceptors (Lipinski definition) is 1. The maximum Gasteiger partial charge on any atom is 0.248 e. The van der Waals surface area contributed by atoms with Gasteiger partial charge in [0.25, 0.3) is 0 Å². The van der Waals surface area contributed by atoms with Crippen molar-refractivity contribution in [1.82, 2.24) is 0 Å². The molecular weight excluding hydrogens is 289 g/mol. The second-order valence-corrected chi connectivity index (χ2v) is 4.92. The molecule has 0 atom stereocenters. The van der Waals surface area contributed by atoms with E-state index in [0.29, 0.717) is 5.69 Å². The van der Waals surface area contributed by atoms with Crippen molar-refractivity contribution in [3.63, 3.8) is 0 Å². The predicted molar refractivity (Wildman–Crippen MR) is 84.9 cm³/mol. The van der Waals surface area contributed by atoms with Crippen LogP contribution in [0.3, 0.4) is 0 Å². The second kappa shape index (κ2) is 7.04. The third-order valence-electron chi connectivity index (χ3n) is 3.03. The van der Waals surface area contributed by atoms with Crippen molar-refractivity contribution in [3.05, 3.63) is 70.5 Å². The molecular formula is C17H15ClFNO. The minimum atomic E-state index is -0.459. The Bertz CT molecular complexity index is 645. The van der Waals surface area contributed by atoms with E-state index in [4.69, 9.17) is 11.6 Å². The van der Waals surface area contributed by atoms with Gasteiger partial charge in [0.15, 0.2) is 0 Å². The molecule has 0 aromatic heterocycles. The minimum absolute atomic E-state index is 0.204. The summed E-state index contributed by atoms with van der Waals surface area (Å²) in [5, 5.41) is 2.98. The second-order valence-electron chi connectivity index (χ2n) is 4.51. The van der Waals surface area contributed by atoms with Crippen LogP contribution in [0.5, 0.6) is 0 Å². The van der Waals surface area contributed by atoms with Crippen molar-refractivity contribution in [2.45, 2.75) is 13.3 Å². The normalized spacial score (nSPS) is 10.8. The number of nitrogens with one attached hydrogen (secondary N) is 1. The fraction of sp³-hybridized carbons (Fsp3) is 0.118. The Morgan fingerprint density at radius 1 is 1.24 bits per heavy atom. The van der Waals surface area contributed by atoms with Crippen LogP contribution in [-0.4, -0.2) is 5.91 Å². The van der Waals surface area contributed by atoms with Crippen LogP contribution in [0, 0.1) is 5.82 Å². The Hall–Kier alpha value is -2.13. The number of anilines is 1. The van der Waals surface area contributed by atoms with E-state index in [1.165, 1.54) is 29.8 Å². The summed E-state index contributed by atoms with van der Waals surface area (Å²) in [4.78, 5) is 11.8. The van der Waals surface area contributed by atoms with Crippen molar-refractivity contribution >= 4 is 29.3 Å². The van der Waals surface area contributed by atoms with Crippen LogP contribution in [0.15, 0.2) is 48.5 Å². The van der Waals surface area contributed by atoms with Crippen LogP contribution in [0.2, 0.25) is 5.02 Å². The van der Waals surface area contributed by atoms with Gasteiger partial charge in [-0.3, -0.25) is 4.79 Å². The van der Waals surface area contributed by atoms with Crippen LogP contribution in [-0.2, 0) is 11.2 Å². The summed E-state index contributed by atoms with van der Waals surface area (Å²) in [6, 6.07) is 12.0. The Morgan fingerprint density at radius 2 is 1.95 bits per heavy atom. The Kier molecular flexibility index (Phi) is 5.12. The quantitative estimate of drug-likeness (QED) is 0.815. The zero-order chi connectivity index (χ0) is 15.2. The van der Waals surface area contributed by atoms with E-state index in [2.05, 4.69) is 12.2 Å². The van der Waals surface area contributed by atoms with Gasteiger partial charge in [-0.15, -0.1) is 0 Å². The lowest BCUT2D eigenvalue weighted by Gasteiger charge is -2.03. The fourth-order valence-electron chi connectivity index (χ4n) is 1.84. The van der Waals surface area contributed by atoms with Gasteiger partial charge in [0.1, 0.15) is 5.82 Å². The molecule has 108 valence electrons. The Morgan fingerprint density at radius 3 is 2.57 bits per heavy atom. The predicted octanol–water partition coefficient (Wildman–Crippen LogP) is 4.69. The number of hydrogen-bond donors (Lipinski definition) is 1. The third-order valence-corrected chi connectivity index (χ3v) is 3.36. The molecule has 1 N–H and O–H groups in total. The van der Waals surface area contributed by atoms with Gasteiger partial charge in [0, 0.05) is 17.3 Å². The lowest BCUT2D eigenvalue weighted by molar-refractivity contribution is -0.111. The highest BCUT2D eigenvalue weighted by Gasteiger charge is 2.04. The molecule has 0 saturated carbocycles. The maximum atomic E-state index is 13.5. The summed E-state index contributed by atoms with van der Waals surface area (Å²) in [6.45, 7) is 2.06. The zero-order valence-corrected chi connectivity index (χ0v) is 12.3. The average molecular weight is 304 g/mol. The molecule has 2 aromatic rings. The van der Waals surface area contributed by atoms with Crippen molar-refractivity contribution in [3.8, 4) is 0 Å². The van der Waals surface area contributed by atoms with Gasteiger partial charge in [-0.1, -0.05) is 36.7 Å². The van der Waals surface area contributed by atoms with E-state index >= 15 is 0 Å². The van der Waals surface area contributed by atoms with Crippen LogP contribution in [0.4, 0.5) is 10.1 Å². The highest BCUT2D eigenvalue weighted by Crippen LogP contribution is 2.20. The molecule has 2 rings (SSSR count). The first-order valence-electron chi connectivity index (χ1n) is 6.62. The average Bonchev–Trinajstić information content (AvgIpc) is 2.47. The lowest BCUT2D eigenvalue weighted by atomic mass is 10.1. The summed E-state index contributed by atoms with van der Waals surface area (Å²) in [7, 11) is 0.